The van der Waals surface area contributed by atoms with Crippen molar-refractivity contribution >= 4 is 5.97 Å². The number of hydrogen-bond donors (Lipinski definition) is 2. The Bertz CT molecular complexity index is 360. The number of carbonyl (C=O) groups is 1. The highest BCUT2D eigenvalue weighted by Crippen LogP contribution is 2.21. The van der Waals surface area contributed by atoms with Gasteiger partial charge in [-0.05, 0) is 24.1 Å². The van der Waals surface area contributed by atoms with Crippen molar-refractivity contribution in [3.8, 4) is 5.75 Å². The molecule has 15 heavy (non-hydrogen) atoms. The third-order valence-electron chi connectivity index (χ3n) is 2.31. The first-order valence-electron chi connectivity index (χ1n) is 4.59. The maximum atomic E-state index is 10.5. The topological polar surface area (TPSA) is 66.8 Å². The summed E-state index contributed by atoms with van der Waals surface area (Å²) in [5.41, 5.74) is 1.64. The second-order valence-corrected chi connectivity index (χ2v) is 3.30. The van der Waals surface area contributed by atoms with Gasteiger partial charge in [-0.25, -0.2) is 4.79 Å². The number of aliphatic carboxylic acids is 1. The Hall–Kier alpha value is -1.55. The normalized spacial score (nSPS) is 12.2. The molecule has 0 aliphatic heterocycles. The van der Waals surface area contributed by atoms with Gasteiger partial charge in [-0.15, -0.1) is 0 Å². The molecule has 0 aliphatic rings. The van der Waals surface area contributed by atoms with Gasteiger partial charge in [0.15, 0.2) is 6.10 Å². The van der Waals surface area contributed by atoms with Gasteiger partial charge in [-0.2, -0.15) is 0 Å². The van der Waals surface area contributed by atoms with E-state index in [0.717, 1.165) is 11.1 Å². The predicted molar refractivity (Wildman–Crippen MR) is 55.1 cm³/mol. The summed E-state index contributed by atoms with van der Waals surface area (Å²) >= 11 is 0. The summed E-state index contributed by atoms with van der Waals surface area (Å²) in [5.74, 6) is -0.512. The zero-order chi connectivity index (χ0) is 11.4. The van der Waals surface area contributed by atoms with Crippen LogP contribution >= 0.6 is 0 Å². The standard InChI is InChI=1S/C11H14O4/c1-7-8(6-9(12)11(13)14)4-3-5-10(7)15-2/h3-5,9,12H,6H2,1-2H3,(H,13,14). The molecule has 0 spiro atoms. The van der Waals surface area contributed by atoms with Gasteiger partial charge in [-0.3, -0.25) is 0 Å². The Morgan fingerprint density at radius 3 is 2.73 bits per heavy atom. The van der Waals surface area contributed by atoms with Crippen LogP contribution in [0.5, 0.6) is 5.75 Å². The average Bonchev–Trinajstić information content (AvgIpc) is 2.21. The minimum atomic E-state index is -1.36. The molecule has 0 radical (unpaired) electrons. The fraction of sp³-hybridized carbons (Fsp3) is 0.364. The van der Waals surface area contributed by atoms with E-state index in [4.69, 9.17) is 9.84 Å². The van der Waals surface area contributed by atoms with E-state index in [1.165, 1.54) is 0 Å². The number of hydrogen-bond acceptors (Lipinski definition) is 3. The summed E-state index contributed by atoms with van der Waals surface area (Å²) in [4.78, 5) is 10.5. The average molecular weight is 210 g/mol. The second-order valence-electron chi connectivity index (χ2n) is 3.30. The quantitative estimate of drug-likeness (QED) is 0.777. The first-order chi connectivity index (χ1) is 7.06. The van der Waals surface area contributed by atoms with Crippen LogP contribution in [0.4, 0.5) is 0 Å². The van der Waals surface area contributed by atoms with E-state index in [-0.39, 0.29) is 6.42 Å². The summed E-state index contributed by atoms with van der Waals surface area (Å²) in [6.07, 6.45) is -1.27. The molecule has 0 saturated carbocycles. The number of ether oxygens (including phenoxy) is 1. The Morgan fingerprint density at radius 1 is 1.53 bits per heavy atom. The molecule has 4 nitrogen and oxygen atoms in total. The Balaban J connectivity index is 2.90. The first kappa shape index (κ1) is 11.5. The molecule has 0 amide bonds. The maximum Gasteiger partial charge on any atom is 0.332 e. The lowest BCUT2D eigenvalue weighted by atomic mass is 10.0. The SMILES string of the molecule is COc1cccc(CC(O)C(=O)O)c1C. The van der Waals surface area contributed by atoms with Gasteiger partial charge in [-0.1, -0.05) is 12.1 Å². The monoisotopic (exact) mass is 210 g/mol. The zero-order valence-corrected chi connectivity index (χ0v) is 8.73. The first-order valence-corrected chi connectivity index (χ1v) is 4.59. The Kier molecular flexibility index (Phi) is 3.68. The molecule has 1 aromatic rings. The molecule has 0 fully saturated rings. The predicted octanol–water partition coefficient (Wildman–Crippen LogP) is 0.992. The van der Waals surface area contributed by atoms with Gasteiger partial charge >= 0.3 is 5.97 Å². The van der Waals surface area contributed by atoms with Gasteiger partial charge < -0.3 is 14.9 Å². The maximum absolute atomic E-state index is 10.5. The van der Waals surface area contributed by atoms with E-state index >= 15 is 0 Å². The summed E-state index contributed by atoms with van der Waals surface area (Å²) in [6.45, 7) is 1.84. The van der Waals surface area contributed by atoms with Crippen LogP contribution in [-0.2, 0) is 11.2 Å². The minimum absolute atomic E-state index is 0.0956. The lowest BCUT2D eigenvalue weighted by Crippen LogP contribution is -2.22. The third-order valence-corrected chi connectivity index (χ3v) is 2.31. The fourth-order valence-electron chi connectivity index (χ4n) is 1.40. The molecular formula is C11H14O4. The molecule has 2 N–H and O–H groups in total. The van der Waals surface area contributed by atoms with Crippen molar-refractivity contribution in [2.75, 3.05) is 7.11 Å². The van der Waals surface area contributed by atoms with Gasteiger partial charge in [0.25, 0.3) is 0 Å². The second kappa shape index (κ2) is 4.79. The summed E-state index contributed by atoms with van der Waals surface area (Å²) in [7, 11) is 1.56. The zero-order valence-electron chi connectivity index (χ0n) is 8.73. The van der Waals surface area contributed by atoms with E-state index in [0.29, 0.717) is 5.75 Å². The van der Waals surface area contributed by atoms with Crippen molar-refractivity contribution in [3.63, 3.8) is 0 Å². The van der Waals surface area contributed by atoms with Gasteiger partial charge in [0, 0.05) is 6.42 Å². The molecule has 0 bridgehead atoms. The van der Waals surface area contributed by atoms with Gasteiger partial charge in [0.2, 0.25) is 0 Å². The van der Waals surface area contributed by atoms with Crippen LogP contribution in [0.2, 0.25) is 0 Å². The molecule has 0 saturated heterocycles. The van der Waals surface area contributed by atoms with E-state index in [2.05, 4.69) is 0 Å². The molecular weight excluding hydrogens is 196 g/mol. The van der Waals surface area contributed by atoms with E-state index < -0.39 is 12.1 Å². The summed E-state index contributed by atoms with van der Waals surface area (Å²) in [5, 5.41) is 17.8. The third kappa shape index (κ3) is 2.70. The number of carboxylic acids is 1. The highest BCUT2D eigenvalue weighted by molar-refractivity contribution is 5.72. The Morgan fingerprint density at radius 2 is 2.20 bits per heavy atom. The molecule has 0 aliphatic carbocycles. The molecule has 4 heteroatoms. The van der Waals surface area contributed by atoms with Crippen molar-refractivity contribution in [1.82, 2.24) is 0 Å². The highest BCUT2D eigenvalue weighted by Gasteiger charge is 2.15. The molecule has 1 aromatic carbocycles. The molecule has 0 aromatic heterocycles. The highest BCUT2D eigenvalue weighted by atomic mass is 16.5. The number of aliphatic hydroxyl groups excluding tert-OH is 1. The molecule has 1 unspecified atom stereocenters. The van der Waals surface area contributed by atoms with Crippen LogP contribution in [0.3, 0.4) is 0 Å². The van der Waals surface area contributed by atoms with Crippen LogP contribution < -0.4 is 4.74 Å². The number of rotatable bonds is 4. The van der Waals surface area contributed by atoms with Crippen molar-refractivity contribution in [2.45, 2.75) is 19.4 Å². The van der Waals surface area contributed by atoms with Crippen LogP contribution in [-0.4, -0.2) is 29.4 Å². The lowest BCUT2D eigenvalue weighted by molar-refractivity contribution is -0.146. The fourth-order valence-corrected chi connectivity index (χ4v) is 1.40. The van der Waals surface area contributed by atoms with E-state index in [1.54, 1.807) is 25.3 Å². The summed E-state index contributed by atoms with van der Waals surface area (Å²) < 4.78 is 5.10. The Labute approximate surface area is 88.1 Å². The van der Waals surface area contributed by atoms with E-state index in [9.17, 15) is 9.90 Å². The van der Waals surface area contributed by atoms with Crippen molar-refractivity contribution in [2.24, 2.45) is 0 Å². The number of carboxylic acid groups (broad SMARTS) is 1. The van der Waals surface area contributed by atoms with Crippen LogP contribution in [0, 0.1) is 6.92 Å². The molecule has 1 atom stereocenters. The molecule has 0 heterocycles. The van der Waals surface area contributed by atoms with Crippen molar-refractivity contribution < 1.29 is 19.7 Å². The van der Waals surface area contributed by atoms with Crippen molar-refractivity contribution in [3.05, 3.63) is 29.3 Å². The van der Waals surface area contributed by atoms with Gasteiger partial charge in [0.1, 0.15) is 5.75 Å². The molecule has 82 valence electrons. The van der Waals surface area contributed by atoms with E-state index in [1.807, 2.05) is 6.92 Å². The van der Waals surface area contributed by atoms with Gasteiger partial charge in [0.05, 0.1) is 7.11 Å². The summed E-state index contributed by atoms with van der Waals surface area (Å²) in [6, 6.07) is 5.35. The number of benzene rings is 1. The van der Waals surface area contributed by atoms with Crippen LogP contribution in [0.1, 0.15) is 11.1 Å². The number of methoxy groups -OCH3 is 1. The molecule has 1 rings (SSSR count). The number of aliphatic hydroxyl groups is 1. The lowest BCUT2D eigenvalue weighted by Gasteiger charge is -2.11. The van der Waals surface area contributed by atoms with Crippen molar-refractivity contribution in [1.29, 1.82) is 0 Å². The van der Waals surface area contributed by atoms with Crippen LogP contribution in [0.15, 0.2) is 18.2 Å². The minimum Gasteiger partial charge on any atom is -0.496 e. The van der Waals surface area contributed by atoms with Crippen LogP contribution in [0.25, 0.3) is 0 Å². The smallest absolute Gasteiger partial charge is 0.332 e. The largest absolute Gasteiger partial charge is 0.496 e.